The lowest BCUT2D eigenvalue weighted by atomic mass is 9.87. The van der Waals surface area contributed by atoms with Crippen molar-refractivity contribution in [3.63, 3.8) is 0 Å². The molecule has 0 aromatic heterocycles. The zero-order chi connectivity index (χ0) is 12.8. The van der Waals surface area contributed by atoms with E-state index in [-0.39, 0.29) is 5.60 Å². The predicted octanol–water partition coefficient (Wildman–Crippen LogP) is 4.18. The molecule has 0 amide bonds. The molecule has 18 heavy (non-hydrogen) atoms. The Kier molecular flexibility index (Phi) is 4.08. The molecule has 0 spiro atoms. The summed E-state index contributed by atoms with van der Waals surface area (Å²) >= 11 is 0. The van der Waals surface area contributed by atoms with E-state index in [2.05, 4.69) is 31.2 Å². The third kappa shape index (κ3) is 2.58. The van der Waals surface area contributed by atoms with Gasteiger partial charge in [0.2, 0.25) is 0 Å². The van der Waals surface area contributed by atoms with Crippen LogP contribution in [0, 0.1) is 0 Å². The van der Waals surface area contributed by atoms with Gasteiger partial charge in [-0.1, -0.05) is 31.6 Å². The van der Waals surface area contributed by atoms with Crippen molar-refractivity contribution in [3.05, 3.63) is 54.3 Å². The van der Waals surface area contributed by atoms with Gasteiger partial charge >= 0.3 is 0 Å². The topological polar surface area (TPSA) is 18.5 Å². The van der Waals surface area contributed by atoms with Crippen LogP contribution in [0.2, 0.25) is 0 Å². The molecular weight excluding hydrogens is 224 g/mol. The molecule has 1 aromatic rings. The van der Waals surface area contributed by atoms with Gasteiger partial charge in [0.1, 0.15) is 5.75 Å². The molecule has 1 atom stereocenters. The van der Waals surface area contributed by atoms with Crippen molar-refractivity contribution in [2.24, 2.45) is 0 Å². The Balaban J connectivity index is 2.27. The van der Waals surface area contributed by atoms with Gasteiger partial charge in [-0.25, -0.2) is 0 Å². The summed E-state index contributed by atoms with van der Waals surface area (Å²) in [5, 5.41) is 0. The number of allylic oxidation sites excluding steroid dienone is 2. The molecule has 2 heteroatoms. The van der Waals surface area contributed by atoms with E-state index in [4.69, 9.17) is 9.47 Å². The zero-order valence-electron chi connectivity index (χ0n) is 11.1. The Morgan fingerprint density at radius 2 is 1.94 bits per heavy atom. The van der Waals surface area contributed by atoms with Crippen molar-refractivity contribution in [2.45, 2.75) is 31.8 Å². The normalized spacial score (nSPS) is 21.7. The highest BCUT2D eigenvalue weighted by molar-refractivity contribution is 5.35. The average Bonchev–Trinajstić information content (AvgIpc) is 2.46. The number of benzene rings is 1. The summed E-state index contributed by atoms with van der Waals surface area (Å²) in [6.45, 7) is 2.20. The van der Waals surface area contributed by atoms with E-state index in [0.717, 1.165) is 18.6 Å². The standard InChI is InChI=1S/C16H20O2/c1-3-4-11-16(12-5-6-13-18-16)14-7-9-15(17-2)10-8-14/h5-10,12-13H,3-4,11H2,1-2H3/t16-/m0/s1. The minimum Gasteiger partial charge on any atom is -0.497 e. The van der Waals surface area contributed by atoms with E-state index in [9.17, 15) is 0 Å². The second kappa shape index (κ2) is 5.76. The Morgan fingerprint density at radius 3 is 2.50 bits per heavy atom. The minimum atomic E-state index is -0.309. The van der Waals surface area contributed by atoms with E-state index in [1.807, 2.05) is 18.2 Å². The van der Waals surface area contributed by atoms with Crippen molar-refractivity contribution in [2.75, 3.05) is 7.11 Å². The molecule has 0 N–H and O–H groups in total. The van der Waals surface area contributed by atoms with Crippen molar-refractivity contribution in [1.29, 1.82) is 0 Å². The number of hydrogen-bond acceptors (Lipinski definition) is 2. The number of methoxy groups -OCH3 is 1. The first-order chi connectivity index (χ1) is 8.80. The Morgan fingerprint density at radius 1 is 1.17 bits per heavy atom. The highest BCUT2D eigenvalue weighted by Gasteiger charge is 2.30. The van der Waals surface area contributed by atoms with Gasteiger partial charge in [0.25, 0.3) is 0 Å². The SMILES string of the molecule is CCCC[C@@]1(c2ccc(OC)cc2)C=CC=CO1. The molecule has 1 aliphatic rings. The van der Waals surface area contributed by atoms with Crippen LogP contribution in [-0.4, -0.2) is 7.11 Å². The predicted molar refractivity (Wildman–Crippen MR) is 73.6 cm³/mol. The van der Waals surface area contributed by atoms with Crippen LogP contribution in [-0.2, 0) is 10.3 Å². The first-order valence-electron chi connectivity index (χ1n) is 6.47. The zero-order valence-corrected chi connectivity index (χ0v) is 11.1. The maximum absolute atomic E-state index is 5.92. The molecule has 0 radical (unpaired) electrons. The van der Waals surface area contributed by atoms with E-state index >= 15 is 0 Å². The molecule has 0 unspecified atom stereocenters. The summed E-state index contributed by atoms with van der Waals surface area (Å²) in [6, 6.07) is 8.13. The van der Waals surface area contributed by atoms with E-state index in [0.29, 0.717) is 0 Å². The highest BCUT2D eigenvalue weighted by atomic mass is 16.5. The van der Waals surface area contributed by atoms with Crippen LogP contribution in [0.3, 0.4) is 0 Å². The van der Waals surface area contributed by atoms with Crippen LogP contribution in [0.5, 0.6) is 5.75 Å². The molecule has 0 saturated heterocycles. The maximum atomic E-state index is 5.92. The van der Waals surface area contributed by atoms with Crippen LogP contribution < -0.4 is 4.74 Å². The fourth-order valence-corrected chi connectivity index (χ4v) is 2.22. The van der Waals surface area contributed by atoms with Gasteiger partial charge in [-0.15, -0.1) is 0 Å². The van der Waals surface area contributed by atoms with Crippen LogP contribution in [0.15, 0.2) is 48.8 Å². The smallest absolute Gasteiger partial charge is 0.152 e. The highest BCUT2D eigenvalue weighted by Crippen LogP contribution is 2.36. The lowest BCUT2D eigenvalue weighted by molar-refractivity contribution is 0.0515. The average molecular weight is 244 g/mol. The number of hydrogen-bond donors (Lipinski definition) is 0. The summed E-state index contributed by atoms with van der Waals surface area (Å²) in [7, 11) is 1.68. The van der Waals surface area contributed by atoms with Gasteiger partial charge < -0.3 is 9.47 Å². The fraction of sp³-hybridized carbons (Fsp3) is 0.375. The van der Waals surface area contributed by atoms with E-state index in [1.54, 1.807) is 13.4 Å². The molecule has 0 bridgehead atoms. The Bertz CT molecular complexity index is 431. The van der Waals surface area contributed by atoms with Crippen molar-refractivity contribution < 1.29 is 9.47 Å². The second-order valence-corrected chi connectivity index (χ2v) is 4.53. The lowest BCUT2D eigenvalue weighted by Gasteiger charge is -2.32. The van der Waals surface area contributed by atoms with Crippen molar-refractivity contribution in [3.8, 4) is 5.75 Å². The Labute approximate surface area is 109 Å². The van der Waals surface area contributed by atoms with Crippen LogP contribution in [0.25, 0.3) is 0 Å². The van der Waals surface area contributed by atoms with Gasteiger partial charge in [0.15, 0.2) is 5.60 Å². The molecule has 1 aliphatic heterocycles. The molecule has 0 aliphatic carbocycles. The molecule has 2 rings (SSSR count). The van der Waals surface area contributed by atoms with E-state index in [1.165, 1.54) is 12.0 Å². The molecule has 0 saturated carbocycles. The first-order valence-corrected chi connectivity index (χ1v) is 6.47. The van der Waals surface area contributed by atoms with Gasteiger partial charge in [0, 0.05) is 0 Å². The summed E-state index contributed by atoms with van der Waals surface area (Å²) in [6.07, 6.45) is 11.2. The summed E-state index contributed by atoms with van der Waals surface area (Å²) in [4.78, 5) is 0. The monoisotopic (exact) mass is 244 g/mol. The van der Waals surface area contributed by atoms with Crippen LogP contribution >= 0.6 is 0 Å². The van der Waals surface area contributed by atoms with Gasteiger partial charge in [0.05, 0.1) is 13.4 Å². The summed E-state index contributed by atoms with van der Waals surface area (Å²) < 4.78 is 11.1. The molecule has 2 nitrogen and oxygen atoms in total. The quantitative estimate of drug-likeness (QED) is 0.773. The van der Waals surface area contributed by atoms with Gasteiger partial charge in [-0.2, -0.15) is 0 Å². The second-order valence-electron chi connectivity index (χ2n) is 4.53. The maximum Gasteiger partial charge on any atom is 0.152 e. The van der Waals surface area contributed by atoms with Gasteiger partial charge in [-0.05, 0) is 42.7 Å². The van der Waals surface area contributed by atoms with Crippen LogP contribution in [0.1, 0.15) is 31.7 Å². The largest absolute Gasteiger partial charge is 0.497 e. The minimum absolute atomic E-state index is 0.309. The molecule has 1 heterocycles. The molecule has 0 fully saturated rings. The van der Waals surface area contributed by atoms with E-state index < -0.39 is 0 Å². The third-order valence-electron chi connectivity index (χ3n) is 3.31. The van der Waals surface area contributed by atoms with Crippen molar-refractivity contribution >= 4 is 0 Å². The lowest BCUT2D eigenvalue weighted by Crippen LogP contribution is -2.26. The molecular formula is C16H20O2. The van der Waals surface area contributed by atoms with Gasteiger partial charge in [-0.3, -0.25) is 0 Å². The van der Waals surface area contributed by atoms with Crippen molar-refractivity contribution in [1.82, 2.24) is 0 Å². The molecule has 1 aromatic carbocycles. The summed E-state index contributed by atoms with van der Waals surface area (Å²) in [5.74, 6) is 0.875. The third-order valence-corrected chi connectivity index (χ3v) is 3.31. The fourth-order valence-electron chi connectivity index (χ4n) is 2.22. The number of ether oxygens (including phenoxy) is 2. The first kappa shape index (κ1) is 12.7. The van der Waals surface area contributed by atoms with Crippen LogP contribution in [0.4, 0.5) is 0 Å². The summed E-state index contributed by atoms with van der Waals surface area (Å²) in [5.41, 5.74) is 0.870. The number of rotatable bonds is 5. The Hall–Kier alpha value is -1.70. The number of unbranched alkanes of at least 4 members (excludes halogenated alkanes) is 1. The molecule has 96 valence electrons.